The Morgan fingerprint density at radius 1 is 0.862 bits per heavy atom. The Kier molecular flexibility index (Phi) is 6.30. The van der Waals surface area contributed by atoms with E-state index >= 15 is 0 Å². The lowest BCUT2D eigenvalue weighted by molar-refractivity contribution is 0.0905. The van der Waals surface area contributed by atoms with Gasteiger partial charge >= 0.3 is 0 Å². The Labute approximate surface area is 182 Å². The van der Waals surface area contributed by atoms with E-state index in [0.717, 1.165) is 22.4 Å². The molecule has 1 heterocycles. The number of hydrogen-bond donors (Lipinski definition) is 1. The lowest BCUT2D eigenvalue weighted by atomic mass is 9.88. The zero-order valence-electron chi connectivity index (χ0n) is 17.0. The van der Waals surface area contributed by atoms with E-state index in [2.05, 4.69) is 26.1 Å². The molecule has 1 amide bonds. The van der Waals surface area contributed by atoms with Gasteiger partial charge in [0.15, 0.2) is 0 Å². The molecule has 2 aromatic carbocycles. The zero-order valence-corrected chi connectivity index (χ0v) is 18.5. The minimum Gasteiger partial charge on any atom is -0.348 e. The van der Waals surface area contributed by atoms with Crippen molar-refractivity contribution in [1.29, 1.82) is 0 Å². The summed E-state index contributed by atoms with van der Waals surface area (Å²) >= 11 is 12.1. The maximum absolute atomic E-state index is 12.8. The molecular formula is C24H24Cl2N2O. The summed E-state index contributed by atoms with van der Waals surface area (Å²) in [4.78, 5) is 17.5. The van der Waals surface area contributed by atoms with Gasteiger partial charge in [0.25, 0.3) is 5.91 Å². The number of hydrogen-bond acceptors (Lipinski definition) is 2. The molecule has 150 valence electrons. The smallest absolute Gasteiger partial charge is 0.270 e. The van der Waals surface area contributed by atoms with Crippen molar-refractivity contribution in [3.05, 3.63) is 76.4 Å². The fourth-order valence-electron chi connectivity index (χ4n) is 2.76. The van der Waals surface area contributed by atoms with Gasteiger partial charge in [0, 0.05) is 27.2 Å². The van der Waals surface area contributed by atoms with Crippen LogP contribution in [0.2, 0.25) is 10.0 Å². The summed E-state index contributed by atoms with van der Waals surface area (Å²) in [6, 6.07) is 18.7. The highest BCUT2D eigenvalue weighted by atomic mass is 35.5. The Morgan fingerprint density at radius 3 is 1.90 bits per heavy atom. The average Bonchev–Trinajstić information content (AvgIpc) is 2.68. The number of nitrogens with one attached hydrogen (secondary N) is 1. The lowest BCUT2D eigenvalue weighted by Crippen LogP contribution is -2.41. The van der Waals surface area contributed by atoms with Crippen LogP contribution in [-0.4, -0.2) is 16.9 Å². The van der Waals surface area contributed by atoms with Gasteiger partial charge in [0.05, 0.1) is 5.69 Å². The van der Waals surface area contributed by atoms with Crippen LogP contribution >= 0.6 is 23.2 Å². The summed E-state index contributed by atoms with van der Waals surface area (Å²) in [5, 5.41) is 4.37. The first-order valence-corrected chi connectivity index (χ1v) is 10.2. The monoisotopic (exact) mass is 426 g/mol. The summed E-state index contributed by atoms with van der Waals surface area (Å²) in [5.41, 5.74) is 3.84. The minimum atomic E-state index is -0.190. The number of pyridine rings is 1. The number of nitrogens with zero attached hydrogens (tertiary/aromatic N) is 1. The van der Waals surface area contributed by atoms with Crippen molar-refractivity contribution in [2.24, 2.45) is 5.41 Å². The van der Waals surface area contributed by atoms with Gasteiger partial charge in [-0.25, -0.2) is 4.98 Å². The number of benzene rings is 2. The second-order valence-electron chi connectivity index (χ2n) is 8.17. The number of carbonyl (C=O) groups excluding carboxylic acids is 1. The second-order valence-corrected chi connectivity index (χ2v) is 9.04. The van der Waals surface area contributed by atoms with Gasteiger partial charge in [0.2, 0.25) is 0 Å². The quantitative estimate of drug-likeness (QED) is 0.493. The molecule has 0 fully saturated rings. The highest BCUT2D eigenvalue weighted by Gasteiger charge is 2.23. The molecular weight excluding hydrogens is 403 g/mol. The molecule has 1 aromatic heterocycles. The molecule has 3 nitrogen and oxygen atoms in total. The lowest BCUT2D eigenvalue weighted by Gasteiger charge is -2.28. The van der Waals surface area contributed by atoms with Crippen LogP contribution in [-0.2, 0) is 0 Å². The van der Waals surface area contributed by atoms with Crippen molar-refractivity contribution in [1.82, 2.24) is 10.3 Å². The zero-order chi connectivity index (χ0) is 21.2. The predicted molar refractivity (Wildman–Crippen MR) is 122 cm³/mol. The van der Waals surface area contributed by atoms with Gasteiger partial charge in [0.1, 0.15) is 5.69 Å². The molecule has 0 saturated carbocycles. The van der Waals surface area contributed by atoms with Gasteiger partial charge in [-0.05, 0) is 54.3 Å². The molecule has 0 saturated heterocycles. The van der Waals surface area contributed by atoms with E-state index in [1.54, 1.807) is 6.07 Å². The van der Waals surface area contributed by atoms with E-state index in [1.165, 1.54) is 0 Å². The van der Waals surface area contributed by atoms with Gasteiger partial charge < -0.3 is 5.32 Å². The first-order chi connectivity index (χ1) is 13.6. The fourth-order valence-corrected chi connectivity index (χ4v) is 3.01. The van der Waals surface area contributed by atoms with Crippen LogP contribution in [0, 0.1) is 5.41 Å². The normalized spacial score (nSPS) is 12.5. The van der Waals surface area contributed by atoms with Crippen molar-refractivity contribution in [3.8, 4) is 22.4 Å². The van der Waals surface area contributed by atoms with Crippen LogP contribution < -0.4 is 5.32 Å². The van der Waals surface area contributed by atoms with E-state index in [1.807, 2.05) is 61.5 Å². The molecule has 0 bridgehead atoms. The van der Waals surface area contributed by atoms with Crippen LogP contribution in [0.25, 0.3) is 22.4 Å². The van der Waals surface area contributed by atoms with Crippen molar-refractivity contribution in [2.75, 3.05) is 0 Å². The Balaban J connectivity index is 2.05. The number of halogens is 2. The highest BCUT2D eigenvalue weighted by Crippen LogP contribution is 2.32. The number of rotatable bonds is 4. The summed E-state index contributed by atoms with van der Waals surface area (Å²) in [6.45, 7) is 8.27. The molecule has 0 radical (unpaired) electrons. The average molecular weight is 427 g/mol. The summed E-state index contributed by atoms with van der Waals surface area (Å²) in [6.07, 6.45) is 0. The fraction of sp³-hybridized carbons (Fsp3) is 0.250. The molecule has 5 heteroatoms. The van der Waals surface area contributed by atoms with Crippen LogP contribution in [0.15, 0.2) is 60.7 Å². The molecule has 1 atom stereocenters. The number of carbonyl (C=O) groups is 1. The van der Waals surface area contributed by atoms with Gasteiger partial charge in [-0.3, -0.25) is 4.79 Å². The van der Waals surface area contributed by atoms with Crippen LogP contribution in [0.4, 0.5) is 0 Å². The molecule has 0 spiro atoms. The maximum atomic E-state index is 12.8. The van der Waals surface area contributed by atoms with Gasteiger partial charge in [-0.1, -0.05) is 68.2 Å². The highest BCUT2D eigenvalue weighted by molar-refractivity contribution is 6.31. The molecule has 3 rings (SSSR count). The molecule has 0 aliphatic carbocycles. The summed E-state index contributed by atoms with van der Waals surface area (Å²) < 4.78 is 0. The Bertz CT molecular complexity index is 1010. The Morgan fingerprint density at radius 2 is 1.38 bits per heavy atom. The SMILES string of the molecule is CC(NC(=O)c1ccc(-c2ccc(Cl)cc2)c(-c2ccc(Cl)cc2)n1)C(C)(C)C. The molecule has 3 aromatic rings. The molecule has 0 aliphatic rings. The first kappa shape index (κ1) is 21.4. The second kappa shape index (κ2) is 8.56. The molecule has 29 heavy (non-hydrogen) atoms. The first-order valence-electron chi connectivity index (χ1n) is 9.49. The van der Waals surface area contributed by atoms with Gasteiger partial charge in [-0.15, -0.1) is 0 Å². The van der Waals surface area contributed by atoms with E-state index in [4.69, 9.17) is 28.2 Å². The Hall–Kier alpha value is -2.36. The largest absolute Gasteiger partial charge is 0.348 e. The van der Waals surface area contributed by atoms with Crippen molar-refractivity contribution < 1.29 is 4.79 Å². The van der Waals surface area contributed by atoms with E-state index in [0.29, 0.717) is 15.7 Å². The third-order valence-corrected chi connectivity index (χ3v) is 5.55. The molecule has 1 N–H and O–H groups in total. The predicted octanol–water partition coefficient (Wildman–Crippen LogP) is 6.89. The molecule has 1 unspecified atom stereocenters. The molecule has 0 aliphatic heterocycles. The van der Waals surface area contributed by atoms with E-state index in [9.17, 15) is 4.79 Å². The topological polar surface area (TPSA) is 42.0 Å². The number of amides is 1. The summed E-state index contributed by atoms with van der Waals surface area (Å²) in [5.74, 6) is -0.190. The maximum Gasteiger partial charge on any atom is 0.270 e. The van der Waals surface area contributed by atoms with E-state index in [-0.39, 0.29) is 17.4 Å². The third kappa shape index (κ3) is 5.17. The van der Waals surface area contributed by atoms with Crippen molar-refractivity contribution >= 4 is 29.1 Å². The van der Waals surface area contributed by atoms with Crippen molar-refractivity contribution in [2.45, 2.75) is 33.7 Å². The van der Waals surface area contributed by atoms with Crippen LogP contribution in [0.5, 0.6) is 0 Å². The standard InChI is InChI=1S/C24H24Cl2N2O/c1-15(24(2,3)4)27-23(29)21-14-13-20(16-5-9-18(25)10-6-16)22(28-21)17-7-11-19(26)12-8-17/h5-15H,1-4H3,(H,27,29). The van der Waals surface area contributed by atoms with Crippen LogP contribution in [0.3, 0.4) is 0 Å². The third-order valence-electron chi connectivity index (χ3n) is 5.05. The number of aromatic nitrogens is 1. The van der Waals surface area contributed by atoms with Crippen LogP contribution in [0.1, 0.15) is 38.2 Å². The minimum absolute atomic E-state index is 0.00623. The summed E-state index contributed by atoms with van der Waals surface area (Å²) in [7, 11) is 0. The van der Waals surface area contributed by atoms with E-state index < -0.39 is 0 Å². The van der Waals surface area contributed by atoms with Gasteiger partial charge in [-0.2, -0.15) is 0 Å². The van der Waals surface area contributed by atoms with Crippen molar-refractivity contribution in [3.63, 3.8) is 0 Å².